The molecule has 0 atom stereocenters. The number of ether oxygens (including phenoxy) is 2. The number of allylic oxidation sites excluding steroid dienone is 2. The van der Waals surface area contributed by atoms with Gasteiger partial charge in [0.05, 0.1) is 12.8 Å². The van der Waals surface area contributed by atoms with Gasteiger partial charge < -0.3 is 20.1 Å². The first-order chi connectivity index (χ1) is 17.6. The Balaban J connectivity index is 1.33. The van der Waals surface area contributed by atoms with E-state index in [4.69, 9.17) is 9.47 Å². The molecule has 0 fully saturated rings. The normalized spacial score (nSPS) is 13.0. The zero-order chi connectivity index (χ0) is 25.2. The Bertz CT molecular complexity index is 1230. The van der Waals surface area contributed by atoms with E-state index >= 15 is 0 Å². The summed E-state index contributed by atoms with van der Waals surface area (Å²) >= 11 is 0. The molecule has 36 heavy (non-hydrogen) atoms. The van der Waals surface area contributed by atoms with Crippen molar-refractivity contribution in [2.45, 2.75) is 19.3 Å². The SMILES string of the molecule is COCCOc1ccc(Nc2ncc(F)c(Nc3ccc(CC(=O)/C=C/C4=NCCC4)cc3)n2)cc1. The molecule has 2 heterocycles. The molecule has 0 aliphatic carbocycles. The molecular formula is C27H28FN5O3. The number of nitrogens with zero attached hydrogens (tertiary/aromatic N) is 3. The fourth-order valence-corrected chi connectivity index (χ4v) is 3.51. The summed E-state index contributed by atoms with van der Waals surface area (Å²) < 4.78 is 24.9. The van der Waals surface area contributed by atoms with Crippen LogP contribution in [0.1, 0.15) is 18.4 Å². The lowest BCUT2D eigenvalue weighted by molar-refractivity contribution is -0.114. The number of hydrogen-bond donors (Lipinski definition) is 2. The molecule has 0 bridgehead atoms. The second kappa shape index (κ2) is 12.6. The number of ketones is 1. The highest BCUT2D eigenvalue weighted by molar-refractivity contribution is 6.02. The molecule has 2 N–H and O–H groups in total. The van der Waals surface area contributed by atoms with Crippen molar-refractivity contribution in [2.75, 3.05) is 37.5 Å². The Hall–Kier alpha value is -4.11. The lowest BCUT2D eigenvalue weighted by atomic mass is 10.1. The van der Waals surface area contributed by atoms with Crippen molar-refractivity contribution in [3.8, 4) is 5.75 Å². The van der Waals surface area contributed by atoms with Crippen LogP contribution in [0.15, 0.2) is 71.9 Å². The van der Waals surface area contributed by atoms with Gasteiger partial charge in [-0.3, -0.25) is 9.79 Å². The Kier molecular flexibility index (Phi) is 8.72. The van der Waals surface area contributed by atoms with Crippen LogP contribution in [0.25, 0.3) is 0 Å². The first kappa shape index (κ1) is 25.0. The Morgan fingerprint density at radius 1 is 1.06 bits per heavy atom. The molecule has 1 aliphatic rings. The molecule has 0 saturated heterocycles. The van der Waals surface area contributed by atoms with E-state index in [-0.39, 0.29) is 24.0 Å². The van der Waals surface area contributed by atoms with Crippen molar-refractivity contribution >= 4 is 34.6 Å². The highest BCUT2D eigenvalue weighted by Gasteiger charge is 2.09. The van der Waals surface area contributed by atoms with Gasteiger partial charge in [0.15, 0.2) is 17.4 Å². The summed E-state index contributed by atoms with van der Waals surface area (Å²) in [6.45, 7) is 1.81. The average Bonchev–Trinajstić information content (AvgIpc) is 3.41. The van der Waals surface area contributed by atoms with E-state index in [0.29, 0.717) is 24.7 Å². The largest absolute Gasteiger partial charge is 0.491 e. The van der Waals surface area contributed by atoms with Crippen LogP contribution in [0.4, 0.5) is 27.5 Å². The van der Waals surface area contributed by atoms with Gasteiger partial charge in [-0.1, -0.05) is 12.1 Å². The first-order valence-corrected chi connectivity index (χ1v) is 11.7. The maximum Gasteiger partial charge on any atom is 0.229 e. The predicted molar refractivity (Wildman–Crippen MR) is 138 cm³/mol. The van der Waals surface area contributed by atoms with Gasteiger partial charge in [0.25, 0.3) is 0 Å². The van der Waals surface area contributed by atoms with Gasteiger partial charge in [-0.15, -0.1) is 0 Å². The molecule has 0 amide bonds. The molecule has 0 saturated carbocycles. The van der Waals surface area contributed by atoms with Crippen LogP contribution >= 0.6 is 0 Å². The number of carbonyl (C=O) groups excluding carboxylic acids is 1. The number of halogens is 1. The van der Waals surface area contributed by atoms with Gasteiger partial charge in [0, 0.05) is 37.2 Å². The molecule has 4 rings (SSSR count). The van der Waals surface area contributed by atoms with E-state index in [1.807, 2.05) is 36.4 Å². The minimum Gasteiger partial charge on any atom is -0.491 e. The smallest absolute Gasteiger partial charge is 0.229 e. The third-order valence-corrected chi connectivity index (χ3v) is 5.37. The molecule has 0 unspecified atom stereocenters. The third-order valence-electron chi connectivity index (χ3n) is 5.37. The van der Waals surface area contributed by atoms with E-state index < -0.39 is 5.82 Å². The molecule has 1 aliphatic heterocycles. The van der Waals surface area contributed by atoms with Crippen LogP contribution in [0.2, 0.25) is 0 Å². The summed E-state index contributed by atoms with van der Waals surface area (Å²) in [6.07, 6.45) is 6.76. The number of aromatic nitrogens is 2. The Morgan fingerprint density at radius 2 is 1.81 bits per heavy atom. The van der Waals surface area contributed by atoms with Crippen molar-refractivity contribution in [3.63, 3.8) is 0 Å². The zero-order valence-corrected chi connectivity index (χ0v) is 20.0. The topological polar surface area (TPSA) is 97.7 Å². The molecular weight excluding hydrogens is 461 g/mol. The van der Waals surface area contributed by atoms with Crippen molar-refractivity contribution in [3.05, 3.63) is 78.3 Å². The van der Waals surface area contributed by atoms with Crippen LogP contribution in [0.3, 0.4) is 0 Å². The van der Waals surface area contributed by atoms with Gasteiger partial charge in [0.2, 0.25) is 5.95 Å². The molecule has 3 aromatic rings. The quantitative estimate of drug-likeness (QED) is 0.272. The van der Waals surface area contributed by atoms with Gasteiger partial charge in [-0.25, -0.2) is 9.37 Å². The second-order valence-electron chi connectivity index (χ2n) is 8.16. The molecule has 0 spiro atoms. The molecule has 1 aromatic heterocycles. The second-order valence-corrected chi connectivity index (χ2v) is 8.16. The van der Waals surface area contributed by atoms with E-state index in [2.05, 4.69) is 25.6 Å². The number of aliphatic imine (C=N–C) groups is 1. The lowest BCUT2D eigenvalue weighted by Gasteiger charge is -2.11. The molecule has 8 nitrogen and oxygen atoms in total. The number of carbonyl (C=O) groups is 1. The van der Waals surface area contributed by atoms with Crippen LogP contribution in [-0.2, 0) is 16.0 Å². The highest BCUT2D eigenvalue weighted by atomic mass is 19.1. The van der Waals surface area contributed by atoms with Crippen LogP contribution in [0, 0.1) is 5.82 Å². The van der Waals surface area contributed by atoms with Crippen molar-refractivity contribution in [2.24, 2.45) is 4.99 Å². The van der Waals surface area contributed by atoms with E-state index in [9.17, 15) is 9.18 Å². The monoisotopic (exact) mass is 489 g/mol. The van der Waals surface area contributed by atoms with Gasteiger partial charge in [-0.2, -0.15) is 4.98 Å². The molecule has 186 valence electrons. The maximum atomic E-state index is 14.4. The maximum absolute atomic E-state index is 14.4. The predicted octanol–water partition coefficient (Wildman–Crippen LogP) is 5.03. The number of anilines is 4. The summed E-state index contributed by atoms with van der Waals surface area (Å²) in [5.74, 6) is 0.424. The van der Waals surface area contributed by atoms with Crippen LogP contribution in [0.5, 0.6) is 5.75 Å². The molecule has 9 heteroatoms. The number of methoxy groups -OCH3 is 1. The van der Waals surface area contributed by atoms with Gasteiger partial charge >= 0.3 is 0 Å². The fraction of sp³-hybridized carbons (Fsp3) is 0.259. The zero-order valence-electron chi connectivity index (χ0n) is 20.0. The van der Waals surface area contributed by atoms with E-state index in [1.54, 1.807) is 31.4 Å². The number of benzene rings is 2. The summed E-state index contributed by atoms with van der Waals surface area (Å²) in [5, 5.41) is 6.02. The van der Waals surface area contributed by atoms with E-state index in [1.165, 1.54) is 0 Å². The van der Waals surface area contributed by atoms with E-state index in [0.717, 1.165) is 42.5 Å². The van der Waals surface area contributed by atoms with Crippen LogP contribution in [-0.4, -0.2) is 48.3 Å². The number of nitrogens with one attached hydrogen (secondary N) is 2. The Morgan fingerprint density at radius 3 is 2.53 bits per heavy atom. The van der Waals surface area contributed by atoms with Crippen molar-refractivity contribution in [1.29, 1.82) is 0 Å². The summed E-state index contributed by atoms with van der Waals surface area (Å²) in [4.78, 5) is 24.8. The standard InChI is InChI=1S/C27H28FN5O3/c1-35-15-16-36-24-12-9-22(10-13-24)32-27-30-18-25(28)26(33-27)31-21-6-4-19(5-7-21)17-23(34)11-8-20-3-2-14-29-20/h4-13,18H,2-3,14-17H2,1H3,(H2,30,31,32,33)/b11-8+. The van der Waals surface area contributed by atoms with Crippen LogP contribution < -0.4 is 15.4 Å². The van der Waals surface area contributed by atoms with Crippen molar-refractivity contribution in [1.82, 2.24) is 9.97 Å². The minimum absolute atomic E-state index is 0.0115. The molecule has 0 radical (unpaired) electrons. The highest BCUT2D eigenvalue weighted by Crippen LogP contribution is 2.22. The number of rotatable bonds is 12. The summed E-state index contributed by atoms with van der Waals surface area (Å²) in [7, 11) is 1.62. The Labute approximate surface area is 209 Å². The minimum atomic E-state index is -0.582. The summed E-state index contributed by atoms with van der Waals surface area (Å²) in [5.41, 5.74) is 3.22. The average molecular weight is 490 g/mol. The number of hydrogen-bond acceptors (Lipinski definition) is 8. The van der Waals surface area contributed by atoms with Crippen molar-refractivity contribution < 1.29 is 18.7 Å². The summed E-state index contributed by atoms with van der Waals surface area (Å²) in [6, 6.07) is 14.5. The van der Waals surface area contributed by atoms with Gasteiger partial charge in [-0.05, 0) is 67.0 Å². The first-order valence-electron chi connectivity index (χ1n) is 11.7. The molecule has 2 aromatic carbocycles. The van der Waals surface area contributed by atoms with Gasteiger partial charge in [0.1, 0.15) is 12.4 Å². The lowest BCUT2D eigenvalue weighted by Crippen LogP contribution is -2.05. The fourth-order valence-electron chi connectivity index (χ4n) is 3.51. The third kappa shape index (κ3) is 7.44.